The molecule has 1 aromatic heterocycles. The maximum absolute atomic E-state index is 12.2. The minimum absolute atomic E-state index is 0.0144. The molecule has 0 aliphatic rings. The molecule has 0 N–H and O–H groups in total. The minimum Gasteiger partial charge on any atom is -0.339 e. The van der Waals surface area contributed by atoms with Crippen LogP contribution >= 0.6 is 11.6 Å². The lowest BCUT2D eigenvalue weighted by molar-refractivity contribution is 0.0759. The van der Waals surface area contributed by atoms with E-state index < -0.39 is 0 Å². The van der Waals surface area contributed by atoms with Gasteiger partial charge in [0.25, 0.3) is 5.91 Å². The lowest BCUT2D eigenvalue weighted by Gasteiger charge is -2.22. The van der Waals surface area contributed by atoms with Crippen LogP contribution in [0.1, 0.15) is 23.7 Å². The summed E-state index contributed by atoms with van der Waals surface area (Å²) in [6.07, 6.45) is 2.52. The molecule has 0 radical (unpaired) electrons. The Bertz CT molecular complexity index is 396. The zero-order valence-corrected chi connectivity index (χ0v) is 11.9. The Morgan fingerprint density at radius 2 is 2.11 bits per heavy atom. The lowest BCUT2D eigenvalue weighted by atomic mass is 10.2. The first-order valence-corrected chi connectivity index (χ1v) is 6.48. The van der Waals surface area contributed by atoms with Crippen molar-refractivity contribution in [2.75, 3.05) is 33.7 Å². The van der Waals surface area contributed by atoms with Crippen LogP contribution in [0.15, 0.2) is 18.3 Å². The van der Waals surface area contributed by atoms with E-state index in [9.17, 15) is 4.79 Å². The number of hydrogen-bond donors (Lipinski definition) is 0. The fourth-order valence-electron chi connectivity index (χ4n) is 1.70. The molecule has 0 atom stereocenters. The highest BCUT2D eigenvalue weighted by atomic mass is 35.5. The van der Waals surface area contributed by atoms with Gasteiger partial charge in [0.1, 0.15) is 5.15 Å². The second-order valence-corrected chi connectivity index (χ2v) is 4.80. The molecule has 1 amide bonds. The Morgan fingerprint density at radius 3 is 2.67 bits per heavy atom. The normalized spacial score (nSPS) is 10.7. The molecule has 0 spiro atoms. The van der Waals surface area contributed by atoms with Crippen molar-refractivity contribution in [3.8, 4) is 0 Å². The van der Waals surface area contributed by atoms with Gasteiger partial charge in [0.2, 0.25) is 0 Å². The maximum Gasteiger partial charge on any atom is 0.254 e. The van der Waals surface area contributed by atoms with Gasteiger partial charge in [-0.1, -0.05) is 11.6 Å². The number of rotatable bonds is 6. The molecule has 18 heavy (non-hydrogen) atoms. The molecule has 0 aromatic carbocycles. The van der Waals surface area contributed by atoms with Crippen LogP contribution in [0.3, 0.4) is 0 Å². The topological polar surface area (TPSA) is 36.4 Å². The minimum atomic E-state index is 0.0144. The van der Waals surface area contributed by atoms with Crippen LogP contribution in [0.5, 0.6) is 0 Å². The molecule has 0 bridgehead atoms. The molecule has 1 rings (SSSR count). The monoisotopic (exact) mass is 269 g/mol. The van der Waals surface area contributed by atoms with Gasteiger partial charge in [-0.15, -0.1) is 0 Å². The summed E-state index contributed by atoms with van der Waals surface area (Å²) in [6.45, 7) is 4.41. The van der Waals surface area contributed by atoms with Gasteiger partial charge in [0.15, 0.2) is 0 Å². The zero-order chi connectivity index (χ0) is 13.5. The first kappa shape index (κ1) is 14.9. The SMILES string of the molecule is CCN(CCCN(C)C)C(=O)c1ccnc(Cl)c1. The second-order valence-electron chi connectivity index (χ2n) is 4.41. The summed E-state index contributed by atoms with van der Waals surface area (Å²) < 4.78 is 0. The fraction of sp³-hybridized carbons (Fsp3) is 0.538. The van der Waals surface area contributed by atoms with E-state index in [0.29, 0.717) is 17.3 Å². The summed E-state index contributed by atoms with van der Waals surface area (Å²) in [5.41, 5.74) is 0.599. The highest BCUT2D eigenvalue weighted by Crippen LogP contribution is 2.10. The number of aromatic nitrogens is 1. The van der Waals surface area contributed by atoms with Gasteiger partial charge in [0.05, 0.1) is 0 Å². The van der Waals surface area contributed by atoms with Gasteiger partial charge in [-0.3, -0.25) is 4.79 Å². The van der Waals surface area contributed by atoms with Gasteiger partial charge in [-0.25, -0.2) is 4.98 Å². The molecule has 0 saturated carbocycles. The van der Waals surface area contributed by atoms with Crippen LogP contribution in [0.4, 0.5) is 0 Å². The fourth-order valence-corrected chi connectivity index (χ4v) is 1.87. The summed E-state index contributed by atoms with van der Waals surface area (Å²) in [4.78, 5) is 20.1. The number of amides is 1. The quantitative estimate of drug-likeness (QED) is 0.743. The van der Waals surface area contributed by atoms with Gasteiger partial charge < -0.3 is 9.80 Å². The second kappa shape index (κ2) is 7.34. The van der Waals surface area contributed by atoms with Crippen molar-refractivity contribution < 1.29 is 4.79 Å². The molecule has 1 aromatic rings. The molecular formula is C13H20ClN3O. The predicted octanol–water partition coefficient (Wildman–Crippen LogP) is 2.15. The van der Waals surface area contributed by atoms with Crippen molar-refractivity contribution in [3.63, 3.8) is 0 Å². The van der Waals surface area contributed by atoms with Gasteiger partial charge in [0, 0.05) is 24.8 Å². The Balaban J connectivity index is 2.62. The largest absolute Gasteiger partial charge is 0.339 e. The summed E-state index contributed by atoms with van der Waals surface area (Å²) in [5.74, 6) is 0.0144. The molecule has 1 heterocycles. The molecule has 0 fully saturated rings. The summed E-state index contributed by atoms with van der Waals surface area (Å²) in [7, 11) is 4.06. The Kier molecular flexibility index (Phi) is 6.09. The molecular weight excluding hydrogens is 250 g/mol. The summed E-state index contributed by atoms with van der Waals surface area (Å²) >= 11 is 5.79. The van der Waals surface area contributed by atoms with Crippen molar-refractivity contribution in [3.05, 3.63) is 29.0 Å². The van der Waals surface area contributed by atoms with Gasteiger partial charge >= 0.3 is 0 Å². The first-order chi connectivity index (χ1) is 8.54. The lowest BCUT2D eigenvalue weighted by Crippen LogP contribution is -2.33. The van der Waals surface area contributed by atoms with Crippen molar-refractivity contribution in [2.45, 2.75) is 13.3 Å². The first-order valence-electron chi connectivity index (χ1n) is 6.10. The molecule has 5 heteroatoms. The standard InChI is InChI=1S/C13H20ClN3O/c1-4-17(9-5-8-16(2)3)13(18)11-6-7-15-12(14)10-11/h6-7,10H,4-5,8-9H2,1-3H3. The number of carbonyl (C=O) groups excluding carboxylic acids is 1. The van der Waals surface area contributed by atoms with E-state index >= 15 is 0 Å². The predicted molar refractivity (Wildman–Crippen MR) is 74.0 cm³/mol. The summed E-state index contributed by atoms with van der Waals surface area (Å²) in [5, 5.41) is 0.352. The van der Waals surface area contributed by atoms with Crippen LogP contribution < -0.4 is 0 Å². The van der Waals surface area contributed by atoms with E-state index in [2.05, 4.69) is 9.88 Å². The molecule has 0 unspecified atom stereocenters. The van der Waals surface area contributed by atoms with Crippen molar-refractivity contribution in [2.24, 2.45) is 0 Å². The molecule has 4 nitrogen and oxygen atoms in total. The van der Waals surface area contributed by atoms with E-state index in [1.165, 1.54) is 0 Å². The van der Waals surface area contributed by atoms with Crippen molar-refractivity contribution >= 4 is 17.5 Å². The average Bonchev–Trinajstić information content (AvgIpc) is 2.33. The van der Waals surface area contributed by atoms with E-state index in [-0.39, 0.29) is 5.91 Å². The van der Waals surface area contributed by atoms with Crippen molar-refractivity contribution in [1.82, 2.24) is 14.8 Å². The Labute approximate surface area is 114 Å². The maximum atomic E-state index is 12.2. The Morgan fingerprint density at radius 1 is 1.39 bits per heavy atom. The number of nitrogens with zero attached hydrogens (tertiary/aromatic N) is 3. The van der Waals surface area contributed by atoms with E-state index in [1.54, 1.807) is 18.3 Å². The molecule has 0 aliphatic carbocycles. The van der Waals surface area contributed by atoms with Crippen molar-refractivity contribution in [1.29, 1.82) is 0 Å². The molecule has 0 saturated heterocycles. The number of carbonyl (C=O) groups is 1. The third-order valence-electron chi connectivity index (χ3n) is 2.68. The van der Waals surface area contributed by atoms with E-state index in [0.717, 1.165) is 19.5 Å². The number of pyridine rings is 1. The van der Waals surface area contributed by atoms with Gasteiger partial charge in [-0.05, 0) is 46.1 Å². The number of hydrogen-bond acceptors (Lipinski definition) is 3. The van der Waals surface area contributed by atoms with Crippen LogP contribution in [0.2, 0.25) is 5.15 Å². The highest BCUT2D eigenvalue weighted by molar-refractivity contribution is 6.29. The smallest absolute Gasteiger partial charge is 0.254 e. The number of halogens is 1. The van der Waals surface area contributed by atoms with Crippen LogP contribution in [0, 0.1) is 0 Å². The van der Waals surface area contributed by atoms with Crippen LogP contribution in [0.25, 0.3) is 0 Å². The average molecular weight is 270 g/mol. The Hall–Kier alpha value is -1.13. The third kappa shape index (κ3) is 4.63. The zero-order valence-electron chi connectivity index (χ0n) is 11.2. The highest BCUT2D eigenvalue weighted by Gasteiger charge is 2.14. The molecule has 0 aliphatic heterocycles. The van der Waals surface area contributed by atoms with E-state index in [4.69, 9.17) is 11.6 Å². The van der Waals surface area contributed by atoms with E-state index in [1.807, 2.05) is 25.9 Å². The van der Waals surface area contributed by atoms with Gasteiger partial charge in [-0.2, -0.15) is 0 Å². The van der Waals surface area contributed by atoms with Crippen LogP contribution in [-0.4, -0.2) is 54.4 Å². The summed E-state index contributed by atoms with van der Waals surface area (Å²) in [6, 6.07) is 3.31. The van der Waals surface area contributed by atoms with Crippen LogP contribution in [-0.2, 0) is 0 Å². The third-order valence-corrected chi connectivity index (χ3v) is 2.88. The molecule has 100 valence electrons.